The van der Waals surface area contributed by atoms with Crippen LogP contribution in [0.25, 0.3) is 0 Å². The highest BCUT2D eigenvalue weighted by molar-refractivity contribution is 5.74. The molecule has 0 spiro atoms. The average Bonchev–Trinajstić information content (AvgIpc) is 2.51. The molecule has 0 aliphatic carbocycles. The third kappa shape index (κ3) is 1.92. The number of hydrogen-bond acceptors (Lipinski definition) is 4. The van der Waals surface area contributed by atoms with E-state index in [9.17, 15) is 4.79 Å². The van der Waals surface area contributed by atoms with Crippen LogP contribution in [0.3, 0.4) is 0 Å². The van der Waals surface area contributed by atoms with Crippen LogP contribution in [0, 0.1) is 12.3 Å². The van der Waals surface area contributed by atoms with E-state index in [-0.39, 0.29) is 0 Å². The molecule has 0 bridgehead atoms. The number of carbonyl (C=O) groups is 1. The van der Waals surface area contributed by atoms with Crippen molar-refractivity contribution in [2.75, 3.05) is 0 Å². The van der Waals surface area contributed by atoms with Crippen molar-refractivity contribution in [2.45, 2.75) is 33.6 Å². The van der Waals surface area contributed by atoms with Crippen molar-refractivity contribution in [1.82, 2.24) is 10.3 Å². The van der Waals surface area contributed by atoms with Gasteiger partial charge in [-0.25, -0.2) is 4.63 Å². The van der Waals surface area contributed by atoms with Gasteiger partial charge in [0.1, 0.15) is 11.4 Å². The van der Waals surface area contributed by atoms with Crippen LogP contribution in [0.5, 0.6) is 0 Å². The van der Waals surface area contributed by atoms with Gasteiger partial charge in [0, 0.05) is 6.42 Å². The third-order valence-corrected chi connectivity index (χ3v) is 2.60. The van der Waals surface area contributed by atoms with E-state index in [1.165, 1.54) is 0 Å². The molecule has 0 aliphatic rings. The summed E-state index contributed by atoms with van der Waals surface area (Å²) in [5.41, 5.74) is 0.492. The number of nitrogens with zero attached hydrogens (tertiary/aromatic N) is 2. The molecule has 0 amide bonds. The minimum absolute atomic E-state index is 0.355. The number of aryl methyl sites for hydroxylation is 1. The van der Waals surface area contributed by atoms with Gasteiger partial charge in [0.15, 0.2) is 0 Å². The summed E-state index contributed by atoms with van der Waals surface area (Å²) in [5, 5.41) is 16.3. The van der Waals surface area contributed by atoms with E-state index in [4.69, 9.17) is 5.11 Å². The first-order chi connectivity index (χ1) is 6.49. The fourth-order valence-corrected chi connectivity index (χ4v) is 1.13. The Morgan fingerprint density at radius 3 is 2.57 bits per heavy atom. The Kier molecular flexibility index (Phi) is 2.88. The lowest BCUT2D eigenvalue weighted by molar-refractivity contribution is -0.148. The number of rotatable bonds is 4. The van der Waals surface area contributed by atoms with Crippen molar-refractivity contribution in [3.8, 4) is 0 Å². The molecule has 0 aromatic carbocycles. The molecule has 0 radical (unpaired) electrons. The molecule has 0 saturated carbocycles. The van der Waals surface area contributed by atoms with Gasteiger partial charge in [0.25, 0.3) is 0 Å². The van der Waals surface area contributed by atoms with Crippen LogP contribution in [0.4, 0.5) is 0 Å². The summed E-state index contributed by atoms with van der Waals surface area (Å²) in [7, 11) is 0. The molecule has 1 N–H and O–H groups in total. The molecule has 5 heteroatoms. The van der Waals surface area contributed by atoms with Crippen molar-refractivity contribution in [3.05, 3.63) is 11.4 Å². The fraction of sp³-hybridized carbons (Fsp3) is 0.667. The topological polar surface area (TPSA) is 76.2 Å². The van der Waals surface area contributed by atoms with Gasteiger partial charge in [-0.2, -0.15) is 0 Å². The summed E-state index contributed by atoms with van der Waals surface area (Å²) in [6.45, 7) is 5.30. The first kappa shape index (κ1) is 10.7. The SMILES string of the molecule is CCC(C)(Cc1nonc1C)C(=O)O. The van der Waals surface area contributed by atoms with Crippen LogP contribution in [0.15, 0.2) is 4.63 Å². The molecule has 0 fully saturated rings. The van der Waals surface area contributed by atoms with Gasteiger partial charge in [0.05, 0.1) is 5.41 Å². The van der Waals surface area contributed by atoms with Gasteiger partial charge in [-0.1, -0.05) is 17.2 Å². The number of aromatic nitrogens is 2. The molecule has 1 aromatic rings. The fourth-order valence-electron chi connectivity index (χ4n) is 1.13. The van der Waals surface area contributed by atoms with Crippen molar-refractivity contribution in [2.24, 2.45) is 5.41 Å². The lowest BCUT2D eigenvalue weighted by Gasteiger charge is -2.21. The first-order valence-electron chi connectivity index (χ1n) is 4.51. The Hall–Kier alpha value is -1.39. The first-order valence-corrected chi connectivity index (χ1v) is 4.51. The van der Waals surface area contributed by atoms with Gasteiger partial charge < -0.3 is 5.11 Å². The molecule has 1 unspecified atom stereocenters. The van der Waals surface area contributed by atoms with Crippen molar-refractivity contribution in [3.63, 3.8) is 0 Å². The zero-order valence-corrected chi connectivity index (χ0v) is 8.57. The summed E-state index contributed by atoms with van der Waals surface area (Å²) in [5.74, 6) is -0.817. The second kappa shape index (κ2) is 3.77. The van der Waals surface area contributed by atoms with E-state index in [1.807, 2.05) is 6.92 Å². The van der Waals surface area contributed by atoms with Gasteiger partial charge >= 0.3 is 5.97 Å². The molecule has 0 aliphatic heterocycles. The lowest BCUT2D eigenvalue weighted by atomic mass is 9.82. The molecular weight excluding hydrogens is 184 g/mol. The van der Waals surface area contributed by atoms with E-state index in [2.05, 4.69) is 14.9 Å². The number of carboxylic acid groups (broad SMARTS) is 1. The van der Waals surface area contributed by atoms with E-state index in [0.29, 0.717) is 24.2 Å². The highest BCUT2D eigenvalue weighted by Gasteiger charge is 2.33. The highest BCUT2D eigenvalue weighted by atomic mass is 16.6. The van der Waals surface area contributed by atoms with E-state index in [0.717, 1.165) is 0 Å². The van der Waals surface area contributed by atoms with Gasteiger partial charge in [-0.15, -0.1) is 0 Å². The third-order valence-electron chi connectivity index (χ3n) is 2.60. The number of hydrogen-bond donors (Lipinski definition) is 1. The van der Waals surface area contributed by atoms with Crippen molar-refractivity contribution >= 4 is 5.97 Å². The van der Waals surface area contributed by atoms with Crippen LogP contribution in [-0.4, -0.2) is 21.4 Å². The maximum atomic E-state index is 11.0. The quantitative estimate of drug-likeness (QED) is 0.791. The van der Waals surface area contributed by atoms with Crippen LogP contribution in [0.2, 0.25) is 0 Å². The molecule has 1 atom stereocenters. The van der Waals surface area contributed by atoms with Gasteiger partial charge in [-0.05, 0) is 20.3 Å². The van der Waals surface area contributed by atoms with Gasteiger partial charge in [0.2, 0.25) is 0 Å². The molecular formula is C9H14N2O3. The van der Waals surface area contributed by atoms with Crippen molar-refractivity contribution in [1.29, 1.82) is 0 Å². The smallest absolute Gasteiger partial charge is 0.309 e. The summed E-state index contributed by atoms with van der Waals surface area (Å²) >= 11 is 0. The zero-order chi connectivity index (χ0) is 10.8. The van der Waals surface area contributed by atoms with E-state index in [1.54, 1.807) is 13.8 Å². The predicted octanol–water partition coefficient (Wildman–Crippen LogP) is 1.42. The molecule has 0 saturated heterocycles. The summed E-state index contributed by atoms with van der Waals surface area (Å²) in [4.78, 5) is 11.0. The Bertz CT molecular complexity index is 335. The van der Waals surface area contributed by atoms with E-state index >= 15 is 0 Å². The Morgan fingerprint density at radius 1 is 1.57 bits per heavy atom. The summed E-state index contributed by atoms with van der Waals surface area (Å²) < 4.78 is 4.52. The summed E-state index contributed by atoms with van der Waals surface area (Å²) in [6, 6.07) is 0. The Balaban J connectivity index is 2.86. The monoisotopic (exact) mass is 198 g/mol. The maximum absolute atomic E-state index is 11.0. The molecule has 78 valence electrons. The van der Waals surface area contributed by atoms with Crippen molar-refractivity contribution < 1.29 is 14.5 Å². The standard InChI is InChI=1S/C9H14N2O3/c1-4-9(3,8(12)13)5-7-6(2)10-14-11-7/h4-5H2,1-3H3,(H,12,13). The van der Waals surface area contributed by atoms with Gasteiger partial charge in [-0.3, -0.25) is 4.79 Å². The van der Waals surface area contributed by atoms with Crippen LogP contribution in [0.1, 0.15) is 31.7 Å². The van der Waals surface area contributed by atoms with E-state index < -0.39 is 11.4 Å². The molecule has 5 nitrogen and oxygen atoms in total. The minimum atomic E-state index is -0.817. The second-order valence-corrected chi connectivity index (χ2v) is 3.69. The molecule has 1 rings (SSSR count). The minimum Gasteiger partial charge on any atom is -0.481 e. The average molecular weight is 198 g/mol. The second-order valence-electron chi connectivity index (χ2n) is 3.69. The number of aliphatic carboxylic acids is 1. The summed E-state index contributed by atoms with van der Waals surface area (Å²) in [6.07, 6.45) is 0.906. The predicted molar refractivity (Wildman–Crippen MR) is 48.8 cm³/mol. The highest BCUT2D eigenvalue weighted by Crippen LogP contribution is 2.26. The normalized spacial score (nSPS) is 15.1. The lowest BCUT2D eigenvalue weighted by Crippen LogP contribution is -2.29. The molecule has 14 heavy (non-hydrogen) atoms. The largest absolute Gasteiger partial charge is 0.481 e. The Labute approximate surface area is 82.1 Å². The molecule has 1 aromatic heterocycles. The van der Waals surface area contributed by atoms with Crippen LogP contribution in [-0.2, 0) is 11.2 Å². The Morgan fingerprint density at radius 2 is 2.21 bits per heavy atom. The zero-order valence-electron chi connectivity index (χ0n) is 8.57. The molecule has 1 heterocycles. The van der Waals surface area contributed by atoms with Crippen LogP contribution >= 0.6 is 0 Å². The van der Waals surface area contributed by atoms with Crippen LogP contribution < -0.4 is 0 Å². The maximum Gasteiger partial charge on any atom is 0.309 e. The number of carboxylic acids is 1.